The molecule has 0 saturated carbocycles. The predicted octanol–water partition coefficient (Wildman–Crippen LogP) is 3.97. The molecule has 0 aliphatic heterocycles. The maximum absolute atomic E-state index is 12.2. The molecule has 0 fully saturated rings. The van der Waals surface area contributed by atoms with Crippen LogP contribution in [-0.4, -0.2) is 21.1 Å². The lowest BCUT2D eigenvalue weighted by molar-refractivity contribution is 0.102. The molecular weight excluding hydrogens is 320 g/mol. The number of hydrogen-bond donors (Lipinski definition) is 0. The summed E-state index contributed by atoms with van der Waals surface area (Å²) in [6.07, 6.45) is 3.59. The number of Topliss-reactive ketones (excluding diaryl/α,β-unsaturated/α-hetero) is 1. The van der Waals surface area contributed by atoms with Crippen LogP contribution in [0, 0.1) is 0 Å². The lowest BCUT2D eigenvalue weighted by Crippen LogP contribution is -2.04. The zero-order chi connectivity index (χ0) is 16.8. The van der Waals surface area contributed by atoms with Crippen molar-refractivity contribution in [1.82, 2.24) is 9.55 Å². The van der Waals surface area contributed by atoms with Crippen LogP contribution >= 0.6 is 11.8 Å². The topological polar surface area (TPSA) is 44.1 Å². The zero-order valence-electron chi connectivity index (χ0n) is 13.4. The number of imidazole rings is 1. The predicted molar refractivity (Wildman–Crippen MR) is 95.5 cm³/mol. The molecule has 0 saturated heterocycles. The highest BCUT2D eigenvalue weighted by atomic mass is 32.2. The molecule has 3 rings (SSSR count). The highest BCUT2D eigenvalue weighted by Crippen LogP contribution is 2.19. The SMILES string of the molecule is Cn1ccnc1SCC(=O)c1ccc(OCc2ccccc2)cc1. The first kappa shape index (κ1) is 16.3. The normalized spacial score (nSPS) is 10.5. The Hall–Kier alpha value is -2.53. The molecule has 24 heavy (non-hydrogen) atoms. The number of aryl methyl sites for hydroxylation is 1. The molecule has 4 nitrogen and oxygen atoms in total. The van der Waals surface area contributed by atoms with Crippen LogP contribution in [0.5, 0.6) is 5.75 Å². The number of aromatic nitrogens is 2. The van der Waals surface area contributed by atoms with E-state index in [2.05, 4.69) is 4.98 Å². The molecule has 0 amide bonds. The van der Waals surface area contributed by atoms with E-state index in [1.165, 1.54) is 11.8 Å². The Morgan fingerprint density at radius 3 is 2.54 bits per heavy atom. The van der Waals surface area contributed by atoms with Crippen LogP contribution < -0.4 is 4.74 Å². The van der Waals surface area contributed by atoms with Crippen molar-refractivity contribution in [2.45, 2.75) is 11.8 Å². The highest BCUT2D eigenvalue weighted by Gasteiger charge is 2.09. The van der Waals surface area contributed by atoms with Crippen LogP contribution in [0.15, 0.2) is 72.1 Å². The van der Waals surface area contributed by atoms with Crippen molar-refractivity contribution in [3.05, 3.63) is 78.1 Å². The molecule has 2 aromatic carbocycles. The molecule has 0 unspecified atom stereocenters. The maximum Gasteiger partial charge on any atom is 0.173 e. The summed E-state index contributed by atoms with van der Waals surface area (Å²) in [5.74, 6) is 1.21. The Balaban J connectivity index is 1.53. The fourth-order valence-corrected chi connectivity index (χ4v) is 3.01. The molecule has 0 N–H and O–H groups in total. The largest absolute Gasteiger partial charge is 0.489 e. The summed E-state index contributed by atoms with van der Waals surface area (Å²) in [6.45, 7) is 0.517. The van der Waals surface area contributed by atoms with Gasteiger partial charge in [0.15, 0.2) is 10.9 Å². The van der Waals surface area contributed by atoms with Gasteiger partial charge in [-0.25, -0.2) is 4.98 Å². The molecule has 0 atom stereocenters. The average molecular weight is 338 g/mol. The number of ketones is 1. The first-order valence-corrected chi connectivity index (χ1v) is 8.61. The van der Waals surface area contributed by atoms with E-state index in [-0.39, 0.29) is 5.78 Å². The molecule has 5 heteroatoms. The molecule has 0 spiro atoms. The Morgan fingerprint density at radius 2 is 1.88 bits per heavy atom. The third kappa shape index (κ3) is 4.26. The fraction of sp³-hybridized carbons (Fsp3) is 0.158. The van der Waals surface area contributed by atoms with Crippen molar-refractivity contribution < 1.29 is 9.53 Å². The number of hydrogen-bond acceptors (Lipinski definition) is 4. The van der Waals surface area contributed by atoms with Gasteiger partial charge >= 0.3 is 0 Å². The van der Waals surface area contributed by atoms with E-state index < -0.39 is 0 Å². The molecule has 0 aliphatic carbocycles. The van der Waals surface area contributed by atoms with E-state index in [4.69, 9.17) is 4.74 Å². The van der Waals surface area contributed by atoms with Gasteiger partial charge in [0.1, 0.15) is 12.4 Å². The van der Waals surface area contributed by atoms with Gasteiger partial charge in [0.2, 0.25) is 0 Å². The van der Waals surface area contributed by atoms with Gasteiger partial charge in [-0.2, -0.15) is 0 Å². The van der Waals surface area contributed by atoms with Crippen molar-refractivity contribution in [3.63, 3.8) is 0 Å². The molecule has 0 aliphatic rings. The molecule has 122 valence electrons. The minimum absolute atomic E-state index is 0.0811. The van der Waals surface area contributed by atoms with Crippen LogP contribution in [0.25, 0.3) is 0 Å². The molecule has 0 radical (unpaired) electrons. The quantitative estimate of drug-likeness (QED) is 0.483. The Morgan fingerprint density at radius 1 is 1.12 bits per heavy atom. The lowest BCUT2D eigenvalue weighted by Gasteiger charge is -2.07. The highest BCUT2D eigenvalue weighted by molar-refractivity contribution is 7.99. The van der Waals surface area contributed by atoms with Gasteiger partial charge < -0.3 is 9.30 Å². The number of carbonyl (C=O) groups is 1. The summed E-state index contributed by atoms with van der Waals surface area (Å²) in [6, 6.07) is 17.3. The molecule has 3 aromatic rings. The van der Waals surface area contributed by atoms with E-state index >= 15 is 0 Å². The zero-order valence-corrected chi connectivity index (χ0v) is 14.2. The van der Waals surface area contributed by atoms with Gasteiger partial charge in [0.05, 0.1) is 5.75 Å². The Bertz CT molecular complexity index is 798. The van der Waals surface area contributed by atoms with E-state index in [1.807, 2.05) is 72.4 Å². The standard InChI is InChI=1S/C19H18N2O2S/c1-21-12-11-20-19(21)24-14-18(22)16-7-9-17(10-8-16)23-13-15-5-3-2-4-6-15/h2-12H,13-14H2,1H3. The van der Waals surface area contributed by atoms with Gasteiger partial charge in [0, 0.05) is 25.0 Å². The summed E-state index contributed by atoms with van der Waals surface area (Å²) in [5.41, 5.74) is 1.80. The van der Waals surface area contributed by atoms with E-state index in [9.17, 15) is 4.79 Å². The molecule has 1 heterocycles. The van der Waals surface area contributed by atoms with Crippen molar-refractivity contribution in [3.8, 4) is 5.75 Å². The number of rotatable bonds is 7. The van der Waals surface area contributed by atoms with Crippen LogP contribution in [0.3, 0.4) is 0 Å². The summed E-state index contributed by atoms with van der Waals surface area (Å²) in [7, 11) is 1.92. The Labute approximate surface area is 145 Å². The van der Waals surface area contributed by atoms with Gasteiger partial charge in [-0.1, -0.05) is 42.1 Å². The number of thioether (sulfide) groups is 1. The molecule has 1 aromatic heterocycles. The van der Waals surface area contributed by atoms with Crippen molar-refractivity contribution in [2.75, 3.05) is 5.75 Å². The third-order valence-electron chi connectivity index (χ3n) is 3.53. The van der Waals surface area contributed by atoms with Gasteiger partial charge in [-0.3, -0.25) is 4.79 Å². The number of carbonyl (C=O) groups excluding carboxylic acids is 1. The third-order valence-corrected chi connectivity index (χ3v) is 4.59. The van der Waals surface area contributed by atoms with Crippen molar-refractivity contribution >= 4 is 17.5 Å². The van der Waals surface area contributed by atoms with Crippen LogP contribution in [0.4, 0.5) is 0 Å². The van der Waals surface area contributed by atoms with E-state index in [1.54, 1.807) is 6.20 Å². The van der Waals surface area contributed by atoms with Gasteiger partial charge in [0.25, 0.3) is 0 Å². The summed E-state index contributed by atoms with van der Waals surface area (Å²) >= 11 is 1.44. The minimum Gasteiger partial charge on any atom is -0.489 e. The number of benzene rings is 2. The first-order valence-electron chi connectivity index (χ1n) is 7.62. The summed E-state index contributed by atoms with van der Waals surface area (Å²) in [4.78, 5) is 16.4. The number of nitrogens with zero attached hydrogens (tertiary/aromatic N) is 2. The van der Waals surface area contributed by atoms with Crippen molar-refractivity contribution in [1.29, 1.82) is 0 Å². The van der Waals surface area contributed by atoms with Crippen LogP contribution in [-0.2, 0) is 13.7 Å². The van der Waals surface area contributed by atoms with Crippen LogP contribution in [0.2, 0.25) is 0 Å². The first-order chi connectivity index (χ1) is 11.7. The summed E-state index contributed by atoms with van der Waals surface area (Å²) in [5, 5.41) is 0.839. The smallest absolute Gasteiger partial charge is 0.173 e. The Kier molecular flexibility index (Phi) is 5.33. The monoisotopic (exact) mass is 338 g/mol. The summed E-state index contributed by atoms with van der Waals surface area (Å²) < 4.78 is 7.63. The maximum atomic E-state index is 12.2. The number of ether oxygens (including phenoxy) is 1. The minimum atomic E-state index is 0.0811. The van der Waals surface area contributed by atoms with E-state index in [0.29, 0.717) is 17.9 Å². The fourth-order valence-electron chi connectivity index (χ4n) is 2.18. The average Bonchev–Trinajstić information content (AvgIpc) is 3.04. The van der Waals surface area contributed by atoms with Crippen molar-refractivity contribution in [2.24, 2.45) is 7.05 Å². The second kappa shape index (κ2) is 7.84. The molecular formula is C19H18N2O2S. The van der Waals surface area contributed by atoms with E-state index in [0.717, 1.165) is 16.5 Å². The lowest BCUT2D eigenvalue weighted by atomic mass is 10.1. The van der Waals surface area contributed by atoms with Gasteiger partial charge in [-0.15, -0.1) is 0 Å². The molecule has 0 bridgehead atoms. The van der Waals surface area contributed by atoms with Gasteiger partial charge in [-0.05, 0) is 29.8 Å². The second-order valence-electron chi connectivity index (χ2n) is 5.33. The second-order valence-corrected chi connectivity index (χ2v) is 6.27. The van der Waals surface area contributed by atoms with Crippen LogP contribution in [0.1, 0.15) is 15.9 Å².